The van der Waals surface area contributed by atoms with Gasteiger partial charge in [-0.2, -0.15) is 4.98 Å². The number of para-hydroxylation sites is 1. The molecule has 0 spiro atoms. The summed E-state index contributed by atoms with van der Waals surface area (Å²) in [5, 5.41) is 7.70. The molecule has 0 saturated heterocycles. The quantitative estimate of drug-likeness (QED) is 0.475. The Morgan fingerprint density at radius 2 is 1.54 bits per heavy atom. The molecule has 4 rings (SSSR count). The maximum absolute atomic E-state index is 4.58. The molecule has 2 N–H and O–H groups in total. The molecule has 0 aliphatic heterocycles. The van der Waals surface area contributed by atoms with E-state index in [1.54, 1.807) is 12.4 Å². The van der Waals surface area contributed by atoms with E-state index >= 15 is 0 Å². The molecule has 0 atom stereocenters. The molecular formula is C23H23N5. The van der Waals surface area contributed by atoms with Crippen molar-refractivity contribution in [2.75, 3.05) is 10.6 Å². The van der Waals surface area contributed by atoms with E-state index < -0.39 is 0 Å². The van der Waals surface area contributed by atoms with E-state index in [0.29, 0.717) is 11.8 Å². The fraction of sp³-hybridized carbons (Fsp3) is 0.174. The lowest BCUT2D eigenvalue weighted by molar-refractivity contribution is 0.590. The lowest BCUT2D eigenvalue weighted by atomic mass is 9.87. The monoisotopic (exact) mass is 369 g/mol. The molecule has 2 aromatic heterocycles. The van der Waals surface area contributed by atoms with Crippen molar-refractivity contribution in [2.24, 2.45) is 0 Å². The summed E-state index contributed by atoms with van der Waals surface area (Å²) in [5.74, 6) is 1.25. The second-order valence-electron chi connectivity index (χ2n) is 7.72. The van der Waals surface area contributed by atoms with Crippen LogP contribution < -0.4 is 10.6 Å². The molecule has 2 heterocycles. The van der Waals surface area contributed by atoms with Crippen LogP contribution >= 0.6 is 0 Å². The second-order valence-corrected chi connectivity index (χ2v) is 7.72. The number of benzene rings is 2. The largest absolute Gasteiger partial charge is 0.338 e. The van der Waals surface area contributed by atoms with Gasteiger partial charge in [0, 0.05) is 23.5 Å². The van der Waals surface area contributed by atoms with Crippen molar-refractivity contribution in [1.29, 1.82) is 0 Å². The molecule has 0 unspecified atom stereocenters. The van der Waals surface area contributed by atoms with Crippen molar-refractivity contribution in [1.82, 2.24) is 15.0 Å². The zero-order valence-electron chi connectivity index (χ0n) is 16.3. The molecule has 0 amide bonds. The molecule has 2 aromatic carbocycles. The molecule has 0 fully saturated rings. The van der Waals surface area contributed by atoms with Crippen LogP contribution in [0.4, 0.5) is 23.1 Å². The summed E-state index contributed by atoms with van der Waals surface area (Å²) in [6.07, 6.45) is 3.53. The van der Waals surface area contributed by atoms with Crippen LogP contribution in [0.25, 0.3) is 10.9 Å². The van der Waals surface area contributed by atoms with Crippen LogP contribution in [0.15, 0.2) is 73.1 Å². The Kier molecular flexibility index (Phi) is 4.65. The molecular weight excluding hydrogens is 346 g/mol. The summed E-state index contributed by atoms with van der Waals surface area (Å²) >= 11 is 0. The van der Waals surface area contributed by atoms with Crippen molar-refractivity contribution in [3.63, 3.8) is 0 Å². The molecule has 140 valence electrons. The number of aromatic nitrogens is 3. The summed E-state index contributed by atoms with van der Waals surface area (Å²) in [4.78, 5) is 13.4. The van der Waals surface area contributed by atoms with E-state index in [9.17, 15) is 0 Å². The third kappa shape index (κ3) is 3.93. The van der Waals surface area contributed by atoms with Gasteiger partial charge in [-0.1, -0.05) is 51.1 Å². The SMILES string of the molecule is CC(C)(C)c1ccc(Nc2nccc(Nc3cccc4cccnc34)n2)cc1. The highest BCUT2D eigenvalue weighted by atomic mass is 15.1. The number of pyridine rings is 1. The normalized spacial score (nSPS) is 11.4. The molecule has 4 aromatic rings. The highest BCUT2D eigenvalue weighted by molar-refractivity contribution is 5.91. The van der Waals surface area contributed by atoms with Crippen LogP contribution in [0.1, 0.15) is 26.3 Å². The van der Waals surface area contributed by atoms with Crippen molar-refractivity contribution in [2.45, 2.75) is 26.2 Å². The number of nitrogens with zero attached hydrogens (tertiary/aromatic N) is 3. The molecule has 0 saturated carbocycles. The van der Waals surface area contributed by atoms with Crippen LogP contribution in [-0.4, -0.2) is 15.0 Å². The average molecular weight is 369 g/mol. The van der Waals surface area contributed by atoms with Gasteiger partial charge in [-0.25, -0.2) is 4.98 Å². The van der Waals surface area contributed by atoms with Gasteiger partial charge in [0.2, 0.25) is 5.95 Å². The Balaban J connectivity index is 1.55. The second kappa shape index (κ2) is 7.27. The van der Waals surface area contributed by atoms with Gasteiger partial charge in [0.05, 0.1) is 11.2 Å². The first-order valence-corrected chi connectivity index (χ1v) is 9.30. The van der Waals surface area contributed by atoms with Crippen molar-refractivity contribution in [3.05, 3.63) is 78.6 Å². The van der Waals surface area contributed by atoms with E-state index in [2.05, 4.69) is 70.6 Å². The fourth-order valence-corrected chi connectivity index (χ4v) is 3.01. The average Bonchev–Trinajstić information content (AvgIpc) is 2.68. The summed E-state index contributed by atoms with van der Waals surface area (Å²) in [6, 6.07) is 20.2. The number of nitrogens with one attached hydrogen (secondary N) is 2. The minimum atomic E-state index is 0.130. The Bertz CT molecular complexity index is 1090. The van der Waals surface area contributed by atoms with Gasteiger partial charge in [-0.3, -0.25) is 4.98 Å². The first-order valence-electron chi connectivity index (χ1n) is 9.30. The van der Waals surface area contributed by atoms with E-state index in [0.717, 1.165) is 22.3 Å². The minimum absolute atomic E-state index is 0.130. The van der Waals surface area contributed by atoms with Gasteiger partial charge in [0.15, 0.2) is 0 Å². The van der Waals surface area contributed by atoms with Crippen LogP contribution in [0.5, 0.6) is 0 Å². The number of hydrogen-bond donors (Lipinski definition) is 2. The summed E-state index contributed by atoms with van der Waals surface area (Å²) in [7, 11) is 0. The lowest BCUT2D eigenvalue weighted by Crippen LogP contribution is -2.10. The highest BCUT2D eigenvalue weighted by Gasteiger charge is 2.13. The third-order valence-corrected chi connectivity index (χ3v) is 4.56. The van der Waals surface area contributed by atoms with Gasteiger partial charge >= 0.3 is 0 Å². The maximum atomic E-state index is 4.58. The highest BCUT2D eigenvalue weighted by Crippen LogP contribution is 2.26. The van der Waals surface area contributed by atoms with Gasteiger partial charge in [0.25, 0.3) is 0 Å². The first-order chi connectivity index (χ1) is 13.5. The number of hydrogen-bond acceptors (Lipinski definition) is 5. The van der Waals surface area contributed by atoms with Crippen molar-refractivity contribution in [3.8, 4) is 0 Å². The zero-order chi connectivity index (χ0) is 19.6. The van der Waals surface area contributed by atoms with Crippen LogP contribution in [-0.2, 0) is 5.41 Å². The summed E-state index contributed by atoms with van der Waals surface area (Å²) in [6.45, 7) is 6.61. The molecule has 0 radical (unpaired) electrons. The Morgan fingerprint density at radius 3 is 2.32 bits per heavy atom. The number of anilines is 4. The first kappa shape index (κ1) is 17.9. The van der Waals surface area contributed by atoms with E-state index in [4.69, 9.17) is 0 Å². The van der Waals surface area contributed by atoms with E-state index in [1.807, 2.05) is 36.4 Å². The van der Waals surface area contributed by atoms with Crippen LogP contribution in [0.3, 0.4) is 0 Å². The fourth-order valence-electron chi connectivity index (χ4n) is 3.01. The number of fused-ring (bicyclic) bond motifs is 1. The molecule has 5 heteroatoms. The summed E-state index contributed by atoms with van der Waals surface area (Å²) < 4.78 is 0. The number of rotatable bonds is 4. The predicted molar refractivity (Wildman–Crippen MR) is 115 cm³/mol. The van der Waals surface area contributed by atoms with Crippen LogP contribution in [0, 0.1) is 0 Å². The third-order valence-electron chi connectivity index (χ3n) is 4.56. The van der Waals surface area contributed by atoms with E-state index in [-0.39, 0.29) is 5.41 Å². The zero-order valence-corrected chi connectivity index (χ0v) is 16.3. The van der Waals surface area contributed by atoms with Gasteiger partial charge in [-0.05, 0) is 41.3 Å². The van der Waals surface area contributed by atoms with Crippen molar-refractivity contribution >= 4 is 34.0 Å². The van der Waals surface area contributed by atoms with Crippen LogP contribution in [0.2, 0.25) is 0 Å². The molecule has 0 bridgehead atoms. The Hall–Kier alpha value is -3.47. The molecule has 5 nitrogen and oxygen atoms in total. The molecule has 0 aliphatic rings. The standard InChI is InChI=1S/C23H23N5/c1-23(2,3)17-9-11-18(12-10-17)26-22-25-15-13-20(28-22)27-19-8-4-6-16-7-5-14-24-21(16)19/h4-15H,1-3H3,(H2,25,26,27,28). The molecule has 0 aliphatic carbocycles. The Labute approximate surface area is 164 Å². The van der Waals surface area contributed by atoms with Gasteiger partial charge in [0.1, 0.15) is 5.82 Å². The molecule has 28 heavy (non-hydrogen) atoms. The predicted octanol–water partition coefficient (Wildman–Crippen LogP) is 5.81. The summed E-state index contributed by atoms with van der Waals surface area (Å²) in [5.41, 5.74) is 4.20. The van der Waals surface area contributed by atoms with Crippen molar-refractivity contribution < 1.29 is 0 Å². The topological polar surface area (TPSA) is 62.7 Å². The smallest absolute Gasteiger partial charge is 0.229 e. The Morgan fingerprint density at radius 1 is 0.750 bits per heavy atom. The van der Waals surface area contributed by atoms with Gasteiger partial charge in [-0.15, -0.1) is 0 Å². The lowest BCUT2D eigenvalue weighted by Gasteiger charge is -2.19. The minimum Gasteiger partial charge on any atom is -0.338 e. The van der Waals surface area contributed by atoms with E-state index in [1.165, 1.54) is 5.56 Å². The maximum Gasteiger partial charge on any atom is 0.229 e. The van der Waals surface area contributed by atoms with Gasteiger partial charge < -0.3 is 10.6 Å².